The van der Waals surface area contributed by atoms with Crippen LogP contribution in [0.25, 0.3) is 0 Å². The average Bonchev–Trinajstić information content (AvgIpc) is 2.55. The molecule has 0 heterocycles. The van der Waals surface area contributed by atoms with Crippen molar-refractivity contribution in [3.8, 4) is 11.5 Å². The molecule has 0 unspecified atom stereocenters. The number of para-hydroxylation sites is 2. The van der Waals surface area contributed by atoms with E-state index in [0.29, 0.717) is 0 Å². The summed E-state index contributed by atoms with van der Waals surface area (Å²) in [6.45, 7) is 0. The van der Waals surface area contributed by atoms with E-state index in [1.807, 2.05) is 0 Å². The number of hydrogen-bond donors (Lipinski definition) is 4. The van der Waals surface area contributed by atoms with Crippen LogP contribution in [0.4, 0.5) is 0 Å². The number of benzene rings is 2. The van der Waals surface area contributed by atoms with E-state index in [1.165, 1.54) is 47.4 Å². The van der Waals surface area contributed by atoms with Gasteiger partial charge in [0, 0.05) is 11.1 Å². The molecule has 2 amide bonds. The van der Waals surface area contributed by atoms with Gasteiger partial charge in [0.25, 0.3) is 11.8 Å². The predicted molar refractivity (Wildman–Crippen MR) is 70.3 cm³/mol. The molecule has 23 heavy (non-hydrogen) atoms. The van der Waals surface area contributed by atoms with E-state index in [2.05, 4.69) is 0 Å². The number of nitrogens with one attached hydrogen (secondary N) is 2. The zero-order valence-electron chi connectivity index (χ0n) is 11.4. The van der Waals surface area contributed by atoms with Crippen molar-refractivity contribution in [1.82, 2.24) is 11.0 Å². The van der Waals surface area contributed by atoms with Gasteiger partial charge in [0.15, 0.2) is 0 Å². The topological polar surface area (TPSA) is 145 Å². The van der Waals surface area contributed by atoms with Gasteiger partial charge in [0.2, 0.25) is 0 Å². The minimum absolute atomic E-state index is 0. The van der Waals surface area contributed by atoms with Crippen molar-refractivity contribution >= 4 is 11.8 Å². The third-order valence-electron chi connectivity index (χ3n) is 2.47. The van der Waals surface area contributed by atoms with Crippen molar-refractivity contribution in [3.05, 3.63) is 59.7 Å². The third-order valence-corrected chi connectivity index (χ3v) is 2.47. The van der Waals surface area contributed by atoms with Crippen LogP contribution in [-0.4, -0.2) is 22.2 Å². The third kappa shape index (κ3) is 5.97. The summed E-state index contributed by atoms with van der Waals surface area (Å²) in [6, 6.07) is 11.3. The van der Waals surface area contributed by atoms with Gasteiger partial charge in [0.05, 0.1) is 0 Å². The second kappa shape index (κ2) is 10.2. The van der Waals surface area contributed by atoms with Crippen molar-refractivity contribution < 1.29 is 47.3 Å². The second-order valence-electron chi connectivity index (χ2n) is 3.87. The molecular formula is C14H12CuN2O6. The molecule has 0 aliphatic heterocycles. The van der Waals surface area contributed by atoms with Gasteiger partial charge in [-0.1, -0.05) is 60.0 Å². The van der Waals surface area contributed by atoms with Crippen LogP contribution < -0.4 is 21.2 Å². The van der Waals surface area contributed by atoms with E-state index in [1.54, 1.807) is 12.1 Å². The molecule has 0 saturated heterocycles. The molecule has 2 aromatic rings. The van der Waals surface area contributed by atoms with Crippen molar-refractivity contribution in [2.45, 2.75) is 0 Å². The van der Waals surface area contributed by atoms with E-state index in [4.69, 9.17) is 10.4 Å². The molecule has 0 aliphatic rings. The van der Waals surface area contributed by atoms with Gasteiger partial charge in [-0.25, -0.2) is 11.0 Å². The number of hydroxylamine groups is 2. The molecule has 2 rings (SSSR count). The molecule has 0 bridgehead atoms. The molecule has 4 N–H and O–H groups in total. The Bertz CT molecular complexity index is 608. The van der Waals surface area contributed by atoms with Gasteiger partial charge in [-0.05, 0) is 0 Å². The first-order valence-corrected chi connectivity index (χ1v) is 5.92. The van der Waals surface area contributed by atoms with Crippen molar-refractivity contribution in [2.24, 2.45) is 0 Å². The van der Waals surface area contributed by atoms with Crippen LogP contribution in [0.3, 0.4) is 0 Å². The Hall–Kier alpha value is -2.58. The Balaban J connectivity index is 0.000000403. The Morgan fingerprint density at radius 1 is 0.739 bits per heavy atom. The van der Waals surface area contributed by atoms with Gasteiger partial charge in [-0.15, -0.1) is 0 Å². The standard InChI is InChI=1S/2C7H7NO3.Cu/c2*9-6-4-2-1-3-5(6)7(10)8-11;/h2*1-4,9,11H,(H,8,10);/q;;+2/p-2. The van der Waals surface area contributed by atoms with E-state index in [9.17, 15) is 19.8 Å². The second-order valence-corrected chi connectivity index (χ2v) is 3.87. The predicted octanol–water partition coefficient (Wildman–Crippen LogP) is -0.244. The van der Waals surface area contributed by atoms with Crippen LogP contribution in [0, 0.1) is 0 Å². The monoisotopic (exact) mass is 367 g/mol. The van der Waals surface area contributed by atoms with Crippen LogP contribution in [0.1, 0.15) is 20.7 Å². The van der Waals surface area contributed by atoms with E-state index in [0.717, 1.165) is 0 Å². The quantitative estimate of drug-likeness (QED) is 0.327. The number of amides is 2. The fraction of sp³-hybridized carbons (Fsp3) is 0. The zero-order chi connectivity index (χ0) is 16.5. The maximum Gasteiger partial charge on any atom is 2.00 e. The van der Waals surface area contributed by atoms with Crippen LogP contribution >= 0.6 is 0 Å². The summed E-state index contributed by atoms with van der Waals surface area (Å²) in [7, 11) is 0. The summed E-state index contributed by atoms with van der Waals surface area (Å²) in [5.74, 6) is -2.37. The van der Waals surface area contributed by atoms with Crippen LogP contribution in [0.2, 0.25) is 0 Å². The minimum Gasteiger partial charge on any atom is -0.872 e. The molecular weight excluding hydrogens is 356 g/mol. The molecule has 0 aromatic heterocycles. The SMILES string of the molecule is O=C(NO)c1ccccc1[O-].O=C(NO)c1ccccc1[O-].[Cu+2]. The van der Waals surface area contributed by atoms with Crippen LogP contribution in [0.5, 0.6) is 11.5 Å². The molecule has 1 radical (unpaired) electrons. The molecule has 8 nitrogen and oxygen atoms in total. The summed E-state index contributed by atoms with van der Waals surface area (Å²) in [5.41, 5.74) is 2.65. The zero-order valence-corrected chi connectivity index (χ0v) is 12.4. The minimum atomic E-state index is -0.782. The van der Waals surface area contributed by atoms with Gasteiger partial charge in [-0.3, -0.25) is 20.0 Å². The molecule has 0 atom stereocenters. The van der Waals surface area contributed by atoms with E-state index >= 15 is 0 Å². The van der Waals surface area contributed by atoms with Gasteiger partial charge in [0.1, 0.15) is 0 Å². The molecule has 9 heteroatoms. The number of carbonyl (C=O) groups excluding carboxylic acids is 2. The summed E-state index contributed by atoms with van der Waals surface area (Å²) in [5, 5.41) is 38.0. The summed E-state index contributed by atoms with van der Waals surface area (Å²) >= 11 is 0. The average molecular weight is 368 g/mol. The molecule has 0 saturated carbocycles. The van der Waals surface area contributed by atoms with Crippen molar-refractivity contribution in [1.29, 1.82) is 0 Å². The molecule has 2 aromatic carbocycles. The first kappa shape index (κ1) is 20.4. The molecule has 0 spiro atoms. The first-order chi connectivity index (χ1) is 10.5. The fourth-order valence-electron chi connectivity index (χ4n) is 1.43. The number of rotatable bonds is 2. The largest absolute Gasteiger partial charge is 2.00 e. The Morgan fingerprint density at radius 3 is 1.30 bits per heavy atom. The maximum absolute atomic E-state index is 10.8. The van der Waals surface area contributed by atoms with Gasteiger partial charge < -0.3 is 10.2 Å². The van der Waals surface area contributed by atoms with Crippen molar-refractivity contribution in [2.75, 3.05) is 0 Å². The molecule has 0 aliphatic carbocycles. The first-order valence-electron chi connectivity index (χ1n) is 5.92. The van der Waals surface area contributed by atoms with Crippen LogP contribution in [0.15, 0.2) is 48.5 Å². The number of hydrogen-bond acceptors (Lipinski definition) is 6. The summed E-state index contributed by atoms with van der Waals surface area (Å²) in [4.78, 5) is 21.3. The van der Waals surface area contributed by atoms with Gasteiger partial charge >= 0.3 is 17.1 Å². The van der Waals surface area contributed by atoms with Crippen molar-refractivity contribution in [3.63, 3.8) is 0 Å². The normalized spacial score (nSPS) is 8.78. The smallest absolute Gasteiger partial charge is 0.872 e. The summed E-state index contributed by atoms with van der Waals surface area (Å²) < 4.78 is 0. The van der Waals surface area contributed by atoms with E-state index in [-0.39, 0.29) is 28.2 Å². The maximum atomic E-state index is 10.8. The fourth-order valence-corrected chi connectivity index (χ4v) is 1.43. The Kier molecular flexibility index (Phi) is 9.05. The number of carbonyl (C=O) groups is 2. The Morgan fingerprint density at radius 2 is 1.04 bits per heavy atom. The molecule has 125 valence electrons. The summed E-state index contributed by atoms with van der Waals surface area (Å²) in [6.07, 6.45) is 0. The van der Waals surface area contributed by atoms with Crippen LogP contribution in [-0.2, 0) is 17.1 Å². The van der Waals surface area contributed by atoms with E-state index < -0.39 is 23.3 Å². The molecule has 0 fully saturated rings. The van der Waals surface area contributed by atoms with Gasteiger partial charge in [-0.2, -0.15) is 0 Å². The Labute approximate surface area is 141 Å².